The molecule has 7 heteroatoms. The molecule has 1 aliphatic rings. The lowest BCUT2D eigenvalue weighted by molar-refractivity contribution is -0.111. The average molecular weight is 439 g/mol. The van der Waals surface area contributed by atoms with Crippen LogP contribution in [0.1, 0.15) is 56.7 Å². The molecule has 0 bridgehead atoms. The van der Waals surface area contributed by atoms with Crippen molar-refractivity contribution >= 4 is 17.2 Å². The predicted molar refractivity (Wildman–Crippen MR) is 125 cm³/mol. The second-order valence-electron chi connectivity index (χ2n) is 7.27. The van der Waals surface area contributed by atoms with Crippen LogP contribution in [0, 0.1) is 0 Å². The van der Waals surface area contributed by atoms with Gasteiger partial charge in [0.2, 0.25) is 0 Å². The molecule has 1 atom stereocenters. The number of rotatable bonds is 9. The van der Waals surface area contributed by atoms with Crippen molar-refractivity contribution in [2.45, 2.75) is 40.0 Å². The van der Waals surface area contributed by atoms with Gasteiger partial charge in [0.15, 0.2) is 28.8 Å². The second-order valence-corrected chi connectivity index (χ2v) is 7.27. The van der Waals surface area contributed by atoms with Crippen molar-refractivity contribution in [3.05, 3.63) is 47.0 Å². The third-order valence-electron chi connectivity index (χ3n) is 5.36. The Morgan fingerprint density at radius 2 is 1.53 bits per heavy atom. The van der Waals surface area contributed by atoms with E-state index in [4.69, 9.17) is 18.9 Å². The number of ether oxygens (including phenoxy) is 4. The molecule has 7 nitrogen and oxygen atoms in total. The van der Waals surface area contributed by atoms with Gasteiger partial charge < -0.3 is 18.9 Å². The Kier molecular flexibility index (Phi) is 7.51. The lowest BCUT2D eigenvalue weighted by Gasteiger charge is -2.21. The molecule has 0 fully saturated rings. The Morgan fingerprint density at radius 1 is 0.875 bits per heavy atom. The van der Waals surface area contributed by atoms with Crippen molar-refractivity contribution in [1.82, 2.24) is 0 Å². The quantitative estimate of drug-likeness (QED) is 0.562. The van der Waals surface area contributed by atoms with Gasteiger partial charge in [-0.3, -0.25) is 4.79 Å². The van der Waals surface area contributed by atoms with Crippen LogP contribution < -0.4 is 18.9 Å². The van der Waals surface area contributed by atoms with Crippen LogP contribution in [-0.4, -0.2) is 44.6 Å². The van der Waals surface area contributed by atoms with E-state index < -0.39 is 0 Å². The van der Waals surface area contributed by atoms with E-state index in [-0.39, 0.29) is 11.7 Å². The van der Waals surface area contributed by atoms with Crippen molar-refractivity contribution in [2.24, 2.45) is 10.2 Å². The molecule has 1 unspecified atom stereocenters. The first kappa shape index (κ1) is 23.3. The number of hydrogen-bond donors (Lipinski definition) is 0. The molecule has 32 heavy (non-hydrogen) atoms. The fourth-order valence-corrected chi connectivity index (χ4v) is 3.91. The molecule has 0 radical (unpaired) electrons. The lowest BCUT2D eigenvalue weighted by atomic mass is 9.84. The molecule has 0 spiro atoms. The summed E-state index contributed by atoms with van der Waals surface area (Å²) < 4.78 is 22.6. The highest BCUT2D eigenvalue weighted by atomic mass is 16.5. The van der Waals surface area contributed by atoms with Gasteiger partial charge in [-0.15, -0.1) is 5.10 Å². The Labute approximate surface area is 189 Å². The summed E-state index contributed by atoms with van der Waals surface area (Å²) in [5.41, 5.74) is 3.62. The van der Waals surface area contributed by atoms with Crippen molar-refractivity contribution in [3.8, 4) is 23.0 Å². The number of methoxy groups -OCH3 is 2. The summed E-state index contributed by atoms with van der Waals surface area (Å²) in [5.74, 6) is 2.15. The maximum absolute atomic E-state index is 12.4. The van der Waals surface area contributed by atoms with Gasteiger partial charge in [0.1, 0.15) is 11.4 Å². The Balaban J connectivity index is 2.31. The average Bonchev–Trinajstić information content (AvgIpc) is 2.95. The highest BCUT2D eigenvalue weighted by Crippen LogP contribution is 2.39. The van der Waals surface area contributed by atoms with Crippen molar-refractivity contribution in [3.63, 3.8) is 0 Å². The summed E-state index contributed by atoms with van der Waals surface area (Å²) in [6.07, 6.45) is 0.694. The third-order valence-corrected chi connectivity index (χ3v) is 5.36. The number of nitrogens with zero attached hydrogens (tertiary/aromatic N) is 2. The zero-order valence-electron chi connectivity index (χ0n) is 19.5. The standard InChI is InChI=1S/C25H30N2O5/c1-7-17-18-13-22(31-8-2)23(32-9-3)14-19(18)25(27-26-24(17)15(4)28)16-10-11-20(29-5)21(12-16)30-6/h10-14,17H,7-9H2,1-6H3. The monoisotopic (exact) mass is 438 g/mol. The summed E-state index contributed by atoms with van der Waals surface area (Å²) in [7, 11) is 3.18. The summed E-state index contributed by atoms with van der Waals surface area (Å²) in [6.45, 7) is 8.41. The van der Waals surface area contributed by atoms with Gasteiger partial charge in [-0.05, 0) is 56.2 Å². The summed E-state index contributed by atoms with van der Waals surface area (Å²) in [6, 6.07) is 9.47. The maximum Gasteiger partial charge on any atom is 0.176 e. The number of Topliss-reactive ketones (excluding diaryl/α,β-unsaturated/α-hetero) is 1. The van der Waals surface area contributed by atoms with E-state index in [1.165, 1.54) is 6.92 Å². The van der Waals surface area contributed by atoms with Crippen molar-refractivity contribution < 1.29 is 23.7 Å². The van der Waals surface area contributed by atoms with Crippen LogP contribution in [0.3, 0.4) is 0 Å². The Hall–Kier alpha value is -3.35. The molecule has 0 saturated carbocycles. The molecule has 0 saturated heterocycles. The van der Waals surface area contributed by atoms with Gasteiger partial charge in [-0.25, -0.2) is 0 Å². The summed E-state index contributed by atoms with van der Waals surface area (Å²) in [5, 5.41) is 8.93. The molecule has 1 heterocycles. The van der Waals surface area contributed by atoms with Crippen molar-refractivity contribution in [2.75, 3.05) is 27.4 Å². The number of carbonyl (C=O) groups is 1. The Bertz CT molecular complexity index is 1060. The molecule has 0 N–H and O–H groups in total. The predicted octanol–water partition coefficient (Wildman–Crippen LogP) is 4.79. The first-order chi connectivity index (χ1) is 15.5. The van der Waals surface area contributed by atoms with E-state index in [2.05, 4.69) is 10.2 Å². The molecule has 1 aliphatic heterocycles. The molecule has 2 aromatic carbocycles. The smallest absolute Gasteiger partial charge is 0.176 e. The van der Waals surface area contributed by atoms with E-state index in [1.54, 1.807) is 14.2 Å². The van der Waals surface area contributed by atoms with Crippen LogP contribution in [0.5, 0.6) is 23.0 Å². The van der Waals surface area contributed by atoms with Crippen LogP contribution in [0.2, 0.25) is 0 Å². The second kappa shape index (κ2) is 10.3. The van der Waals surface area contributed by atoms with Gasteiger partial charge in [0.25, 0.3) is 0 Å². The first-order valence-electron chi connectivity index (χ1n) is 10.8. The maximum atomic E-state index is 12.4. The molecular weight excluding hydrogens is 408 g/mol. The van der Waals surface area contributed by atoms with E-state index in [0.717, 1.165) is 16.7 Å². The molecule has 0 aromatic heterocycles. The van der Waals surface area contributed by atoms with E-state index >= 15 is 0 Å². The minimum absolute atomic E-state index is 0.105. The highest BCUT2D eigenvalue weighted by Gasteiger charge is 2.30. The van der Waals surface area contributed by atoms with Crippen LogP contribution in [-0.2, 0) is 4.79 Å². The zero-order valence-corrected chi connectivity index (χ0v) is 19.5. The lowest BCUT2D eigenvalue weighted by Crippen LogP contribution is -2.20. The van der Waals surface area contributed by atoms with Gasteiger partial charge in [-0.1, -0.05) is 6.92 Å². The van der Waals surface area contributed by atoms with E-state index in [9.17, 15) is 4.79 Å². The van der Waals surface area contributed by atoms with Gasteiger partial charge >= 0.3 is 0 Å². The fraction of sp³-hybridized carbons (Fsp3) is 0.400. The summed E-state index contributed by atoms with van der Waals surface area (Å²) >= 11 is 0. The molecular formula is C25H30N2O5. The van der Waals surface area contributed by atoms with Crippen LogP contribution in [0.25, 0.3) is 0 Å². The number of ketones is 1. The van der Waals surface area contributed by atoms with Crippen LogP contribution >= 0.6 is 0 Å². The fourth-order valence-electron chi connectivity index (χ4n) is 3.91. The molecule has 2 aromatic rings. The SMILES string of the molecule is CCOc1cc2c(cc1OCC)C(CC)C(C(C)=O)=NN=C2c1ccc(OC)c(OC)c1. The topological polar surface area (TPSA) is 78.7 Å². The number of fused-ring (bicyclic) bond motifs is 1. The summed E-state index contributed by atoms with van der Waals surface area (Å²) in [4.78, 5) is 12.4. The van der Waals surface area contributed by atoms with Gasteiger partial charge in [0.05, 0.1) is 27.4 Å². The molecule has 170 valence electrons. The largest absolute Gasteiger partial charge is 0.493 e. The third kappa shape index (κ3) is 4.47. The first-order valence-corrected chi connectivity index (χ1v) is 10.8. The normalized spacial score (nSPS) is 15.1. The minimum atomic E-state index is -0.209. The number of benzene rings is 2. The van der Waals surface area contributed by atoms with Gasteiger partial charge in [-0.2, -0.15) is 5.10 Å². The van der Waals surface area contributed by atoms with Crippen molar-refractivity contribution in [1.29, 1.82) is 0 Å². The molecule has 3 rings (SSSR count). The number of hydrogen-bond acceptors (Lipinski definition) is 7. The van der Waals surface area contributed by atoms with E-state index in [0.29, 0.717) is 54.1 Å². The van der Waals surface area contributed by atoms with Gasteiger partial charge in [0, 0.05) is 24.0 Å². The zero-order chi connectivity index (χ0) is 23.3. The minimum Gasteiger partial charge on any atom is -0.493 e. The van der Waals surface area contributed by atoms with E-state index in [1.807, 2.05) is 51.1 Å². The Morgan fingerprint density at radius 3 is 2.09 bits per heavy atom. The molecule has 0 amide bonds. The molecule has 0 aliphatic carbocycles. The van der Waals surface area contributed by atoms with Crippen LogP contribution in [0.15, 0.2) is 40.5 Å². The number of carbonyl (C=O) groups excluding carboxylic acids is 1. The van der Waals surface area contributed by atoms with Crippen LogP contribution in [0.4, 0.5) is 0 Å². The highest BCUT2D eigenvalue weighted by molar-refractivity contribution is 6.41.